The van der Waals surface area contributed by atoms with E-state index >= 15 is 0 Å². The minimum absolute atomic E-state index is 0.143. The van der Waals surface area contributed by atoms with Crippen LogP contribution >= 0.6 is 0 Å². The minimum Gasteiger partial charge on any atom is -0.496 e. The van der Waals surface area contributed by atoms with Gasteiger partial charge in [0, 0.05) is 23.6 Å². The van der Waals surface area contributed by atoms with Crippen molar-refractivity contribution in [1.29, 1.82) is 0 Å². The van der Waals surface area contributed by atoms with E-state index in [0.29, 0.717) is 11.3 Å². The van der Waals surface area contributed by atoms with Crippen LogP contribution in [-0.2, 0) is 6.42 Å². The Morgan fingerprint density at radius 2 is 2.35 bits per heavy atom. The van der Waals surface area contributed by atoms with Gasteiger partial charge in [-0.1, -0.05) is 0 Å². The predicted molar refractivity (Wildman–Crippen MR) is 62.8 cm³/mol. The van der Waals surface area contributed by atoms with Crippen LogP contribution in [0.2, 0.25) is 0 Å². The largest absolute Gasteiger partial charge is 0.496 e. The monoisotopic (exact) mass is 235 g/mol. The Hall–Kier alpha value is -2.04. The molecule has 0 N–H and O–H groups in total. The second-order valence-corrected chi connectivity index (χ2v) is 3.94. The number of benzene rings is 1. The maximum Gasteiger partial charge on any atom is 0.235 e. The molecule has 0 aromatic heterocycles. The van der Waals surface area contributed by atoms with Gasteiger partial charge in [-0.05, 0) is 19.1 Å². The van der Waals surface area contributed by atoms with Gasteiger partial charge in [0.2, 0.25) is 6.20 Å². The summed E-state index contributed by atoms with van der Waals surface area (Å²) in [7, 11) is 1.55. The van der Waals surface area contributed by atoms with Crippen molar-refractivity contribution in [2.45, 2.75) is 19.4 Å². The normalized spacial score (nSPS) is 17.9. The molecule has 1 aromatic carbocycles. The van der Waals surface area contributed by atoms with Crippen LogP contribution in [0.3, 0.4) is 0 Å². The molecular weight excluding hydrogens is 222 g/mol. The highest BCUT2D eigenvalue weighted by molar-refractivity contribution is 5.61. The molecule has 0 saturated carbocycles. The highest BCUT2D eigenvalue weighted by Crippen LogP contribution is 2.35. The summed E-state index contributed by atoms with van der Waals surface area (Å²) in [6.07, 6.45) is 3.28. The van der Waals surface area contributed by atoms with E-state index in [0.717, 1.165) is 23.9 Å². The Morgan fingerprint density at radius 1 is 1.59 bits per heavy atom. The van der Waals surface area contributed by atoms with Crippen LogP contribution in [0.25, 0.3) is 6.08 Å². The first-order valence-corrected chi connectivity index (χ1v) is 5.29. The van der Waals surface area contributed by atoms with Crippen LogP contribution in [-0.4, -0.2) is 18.1 Å². The molecular formula is C12H13NO4. The molecule has 0 spiro atoms. The van der Waals surface area contributed by atoms with Gasteiger partial charge >= 0.3 is 0 Å². The summed E-state index contributed by atoms with van der Waals surface area (Å²) in [6.45, 7) is 1.99. The molecule has 1 heterocycles. The van der Waals surface area contributed by atoms with Crippen LogP contribution in [0.5, 0.6) is 11.5 Å². The van der Waals surface area contributed by atoms with Crippen LogP contribution in [0, 0.1) is 10.1 Å². The fourth-order valence-corrected chi connectivity index (χ4v) is 1.90. The first kappa shape index (κ1) is 11.4. The quantitative estimate of drug-likeness (QED) is 0.595. The van der Waals surface area contributed by atoms with Crippen LogP contribution in [0.1, 0.15) is 18.1 Å². The third kappa shape index (κ3) is 2.38. The summed E-state index contributed by atoms with van der Waals surface area (Å²) >= 11 is 0. The second kappa shape index (κ2) is 4.45. The molecule has 0 amide bonds. The third-order valence-electron chi connectivity index (χ3n) is 2.62. The molecule has 5 heteroatoms. The lowest BCUT2D eigenvalue weighted by molar-refractivity contribution is -0.400. The van der Waals surface area contributed by atoms with Crippen molar-refractivity contribution in [2.24, 2.45) is 0 Å². The smallest absolute Gasteiger partial charge is 0.235 e. The first-order valence-electron chi connectivity index (χ1n) is 5.29. The third-order valence-corrected chi connectivity index (χ3v) is 2.62. The van der Waals surface area contributed by atoms with Gasteiger partial charge in [0.1, 0.15) is 17.6 Å². The molecule has 90 valence electrons. The number of ether oxygens (including phenoxy) is 2. The van der Waals surface area contributed by atoms with E-state index in [-0.39, 0.29) is 6.10 Å². The SMILES string of the molecule is COc1cc2c(cc1/C=C/[N+](=O)[O-])OC(C)C2. The maximum atomic E-state index is 10.3. The Labute approximate surface area is 98.8 Å². The van der Waals surface area contributed by atoms with E-state index in [9.17, 15) is 10.1 Å². The fraction of sp³-hybridized carbons (Fsp3) is 0.333. The molecule has 1 aliphatic heterocycles. The molecule has 0 bridgehead atoms. The molecule has 0 aliphatic carbocycles. The van der Waals surface area contributed by atoms with E-state index in [1.165, 1.54) is 6.08 Å². The van der Waals surface area contributed by atoms with E-state index in [2.05, 4.69) is 0 Å². The average Bonchev–Trinajstić information content (AvgIpc) is 2.63. The van der Waals surface area contributed by atoms with Crippen LogP contribution < -0.4 is 9.47 Å². The van der Waals surface area contributed by atoms with Gasteiger partial charge in [-0.15, -0.1) is 0 Å². The predicted octanol–water partition coefficient (Wildman–Crippen LogP) is 2.27. The van der Waals surface area contributed by atoms with Crippen LogP contribution in [0.4, 0.5) is 0 Å². The van der Waals surface area contributed by atoms with Gasteiger partial charge in [-0.2, -0.15) is 0 Å². The zero-order valence-corrected chi connectivity index (χ0v) is 9.67. The minimum atomic E-state index is -0.504. The lowest BCUT2D eigenvalue weighted by Crippen LogP contribution is -2.05. The molecule has 2 rings (SSSR count). The van der Waals surface area contributed by atoms with Crippen molar-refractivity contribution < 1.29 is 14.4 Å². The molecule has 1 aliphatic rings. The Balaban J connectivity index is 2.39. The summed E-state index contributed by atoms with van der Waals surface area (Å²) in [6, 6.07) is 3.65. The van der Waals surface area contributed by atoms with Crippen molar-refractivity contribution in [3.8, 4) is 11.5 Å². The van der Waals surface area contributed by atoms with E-state index in [1.54, 1.807) is 13.2 Å². The molecule has 0 radical (unpaired) electrons. The first-order chi connectivity index (χ1) is 8.10. The van der Waals surface area contributed by atoms with E-state index < -0.39 is 4.92 Å². The van der Waals surface area contributed by atoms with Gasteiger partial charge < -0.3 is 9.47 Å². The van der Waals surface area contributed by atoms with Crippen molar-refractivity contribution >= 4 is 6.08 Å². The summed E-state index contributed by atoms with van der Waals surface area (Å²) in [5.74, 6) is 1.40. The lowest BCUT2D eigenvalue weighted by Gasteiger charge is -2.07. The van der Waals surface area contributed by atoms with Gasteiger partial charge in [0.15, 0.2) is 0 Å². The van der Waals surface area contributed by atoms with Crippen molar-refractivity contribution in [3.63, 3.8) is 0 Å². The molecule has 1 atom stereocenters. The maximum absolute atomic E-state index is 10.3. The van der Waals surface area contributed by atoms with Crippen molar-refractivity contribution in [2.75, 3.05) is 7.11 Å². The Morgan fingerprint density at radius 3 is 3.00 bits per heavy atom. The van der Waals surface area contributed by atoms with Gasteiger partial charge in [-0.25, -0.2) is 0 Å². The molecule has 0 saturated heterocycles. The summed E-state index contributed by atoms with van der Waals surface area (Å²) < 4.78 is 10.8. The highest BCUT2D eigenvalue weighted by Gasteiger charge is 2.21. The fourth-order valence-electron chi connectivity index (χ4n) is 1.90. The number of nitro groups is 1. The van der Waals surface area contributed by atoms with Gasteiger partial charge in [0.05, 0.1) is 12.0 Å². The topological polar surface area (TPSA) is 61.6 Å². The van der Waals surface area contributed by atoms with E-state index in [4.69, 9.17) is 9.47 Å². The van der Waals surface area contributed by atoms with Crippen LogP contribution in [0.15, 0.2) is 18.3 Å². The molecule has 0 fully saturated rings. The number of methoxy groups -OCH3 is 1. The van der Waals surface area contributed by atoms with Gasteiger partial charge in [-0.3, -0.25) is 10.1 Å². The number of fused-ring (bicyclic) bond motifs is 1. The lowest BCUT2D eigenvalue weighted by atomic mass is 10.1. The van der Waals surface area contributed by atoms with E-state index in [1.807, 2.05) is 13.0 Å². The molecule has 1 unspecified atom stereocenters. The Kier molecular flexibility index (Phi) is 2.99. The standard InChI is InChI=1S/C12H13NO4/c1-8-5-10-7-11(16-2)9(3-4-13(14)15)6-12(10)17-8/h3-4,6-8H,5H2,1-2H3/b4-3+. The van der Waals surface area contributed by atoms with Gasteiger partial charge in [0.25, 0.3) is 0 Å². The summed E-state index contributed by atoms with van der Waals surface area (Å²) in [4.78, 5) is 9.80. The molecule has 5 nitrogen and oxygen atoms in total. The number of hydrogen-bond donors (Lipinski definition) is 0. The number of rotatable bonds is 3. The second-order valence-electron chi connectivity index (χ2n) is 3.94. The summed E-state index contributed by atoms with van der Waals surface area (Å²) in [5, 5.41) is 10.3. The average molecular weight is 235 g/mol. The zero-order chi connectivity index (χ0) is 12.4. The summed E-state index contributed by atoms with van der Waals surface area (Å²) in [5.41, 5.74) is 1.73. The molecule has 17 heavy (non-hydrogen) atoms. The highest BCUT2D eigenvalue weighted by atomic mass is 16.6. The van der Waals surface area contributed by atoms with Crippen molar-refractivity contribution in [3.05, 3.63) is 39.6 Å². The molecule has 1 aromatic rings. The number of nitrogens with zero attached hydrogens (tertiary/aromatic N) is 1. The Bertz CT molecular complexity index is 482. The number of hydrogen-bond acceptors (Lipinski definition) is 4. The zero-order valence-electron chi connectivity index (χ0n) is 9.67. The van der Waals surface area contributed by atoms with Crippen molar-refractivity contribution in [1.82, 2.24) is 0 Å².